The molecule has 0 atom stereocenters. The number of hydrogen-bond donors (Lipinski definition) is 0. The first-order valence-corrected chi connectivity index (χ1v) is 5.09. The van der Waals surface area contributed by atoms with Gasteiger partial charge in [0.1, 0.15) is 11.5 Å². The van der Waals surface area contributed by atoms with Gasteiger partial charge in [-0.2, -0.15) is 0 Å². The van der Waals surface area contributed by atoms with Crippen molar-refractivity contribution in [2.45, 2.75) is 6.92 Å². The molecule has 16 heavy (non-hydrogen) atoms. The lowest BCUT2D eigenvalue weighted by Crippen LogP contribution is -1.97. The first kappa shape index (κ1) is 10.4. The van der Waals surface area contributed by atoms with E-state index in [4.69, 9.17) is 4.42 Å². The number of hydrogen-bond acceptors (Lipinski definition) is 2. The van der Waals surface area contributed by atoms with Crippen molar-refractivity contribution in [3.63, 3.8) is 0 Å². The molecule has 0 bridgehead atoms. The summed E-state index contributed by atoms with van der Waals surface area (Å²) in [5.74, 6) is 1.20. The average molecular weight is 212 g/mol. The molecule has 0 spiro atoms. The van der Waals surface area contributed by atoms with Crippen LogP contribution in [0.15, 0.2) is 51.7 Å². The van der Waals surface area contributed by atoms with Gasteiger partial charge in [0.05, 0.1) is 0 Å². The maximum atomic E-state index is 11.2. The Morgan fingerprint density at radius 2 is 1.81 bits per heavy atom. The maximum Gasteiger partial charge on any atom is 0.185 e. The minimum atomic E-state index is -0.0311. The summed E-state index contributed by atoms with van der Waals surface area (Å²) in [6.07, 6.45) is 3.71. The molecule has 0 radical (unpaired) electrons. The van der Waals surface area contributed by atoms with Crippen molar-refractivity contribution in [3.8, 4) is 0 Å². The van der Waals surface area contributed by atoms with Crippen molar-refractivity contribution in [1.82, 2.24) is 0 Å². The van der Waals surface area contributed by atoms with Crippen LogP contribution in [0.4, 0.5) is 0 Å². The molecule has 2 aromatic rings. The topological polar surface area (TPSA) is 30.2 Å². The van der Waals surface area contributed by atoms with Gasteiger partial charge in [-0.15, -0.1) is 0 Å². The van der Waals surface area contributed by atoms with E-state index >= 15 is 0 Å². The monoisotopic (exact) mass is 212 g/mol. The second-order valence-corrected chi connectivity index (χ2v) is 3.55. The Hall–Kier alpha value is -2.09. The molecule has 1 heterocycles. The molecule has 2 heteroatoms. The van der Waals surface area contributed by atoms with Crippen LogP contribution in [0, 0.1) is 6.92 Å². The summed E-state index contributed by atoms with van der Waals surface area (Å²) >= 11 is 0. The van der Waals surface area contributed by atoms with Gasteiger partial charge in [0.2, 0.25) is 0 Å². The summed E-state index contributed by atoms with van der Waals surface area (Å²) in [7, 11) is 0. The first-order chi connectivity index (χ1) is 7.74. The molecular weight excluding hydrogens is 200 g/mol. The third-order valence-electron chi connectivity index (χ3n) is 2.15. The molecule has 0 aliphatic rings. The Balaban J connectivity index is 2.27. The van der Waals surface area contributed by atoms with E-state index in [-0.39, 0.29) is 5.43 Å². The van der Waals surface area contributed by atoms with Gasteiger partial charge in [0, 0.05) is 12.1 Å². The van der Waals surface area contributed by atoms with Crippen LogP contribution >= 0.6 is 0 Å². The highest BCUT2D eigenvalue weighted by Gasteiger charge is 1.94. The van der Waals surface area contributed by atoms with Crippen molar-refractivity contribution >= 4 is 12.2 Å². The molecular formula is C14H12O2. The predicted octanol–water partition coefficient (Wildman–Crippen LogP) is 3.12. The van der Waals surface area contributed by atoms with Crippen molar-refractivity contribution in [3.05, 3.63) is 69.8 Å². The summed E-state index contributed by atoms with van der Waals surface area (Å²) in [4.78, 5) is 11.2. The normalized spacial score (nSPS) is 10.8. The SMILES string of the molecule is Cc1cc(=O)cc(C=Cc2ccccc2)o1. The standard InChI is InChI=1S/C14H12O2/c1-11-9-13(15)10-14(16-11)8-7-12-5-3-2-4-6-12/h2-10H,1H3. The summed E-state index contributed by atoms with van der Waals surface area (Å²) < 4.78 is 5.39. The molecule has 0 unspecified atom stereocenters. The van der Waals surface area contributed by atoms with E-state index in [2.05, 4.69) is 0 Å². The highest BCUT2D eigenvalue weighted by molar-refractivity contribution is 5.67. The van der Waals surface area contributed by atoms with E-state index in [1.807, 2.05) is 36.4 Å². The number of aryl methyl sites for hydroxylation is 1. The number of benzene rings is 1. The van der Waals surface area contributed by atoms with Crippen LogP contribution in [0.25, 0.3) is 12.2 Å². The summed E-state index contributed by atoms with van der Waals surface area (Å²) in [5.41, 5.74) is 1.04. The summed E-state index contributed by atoms with van der Waals surface area (Å²) in [6, 6.07) is 12.8. The van der Waals surface area contributed by atoms with Crippen molar-refractivity contribution < 1.29 is 4.42 Å². The zero-order valence-corrected chi connectivity index (χ0v) is 9.01. The molecule has 0 saturated heterocycles. The van der Waals surface area contributed by atoms with Crippen LogP contribution < -0.4 is 5.43 Å². The van der Waals surface area contributed by atoms with Crippen LogP contribution in [0.2, 0.25) is 0 Å². The van der Waals surface area contributed by atoms with Crippen LogP contribution in [0.3, 0.4) is 0 Å². The van der Waals surface area contributed by atoms with E-state index in [0.717, 1.165) is 5.56 Å². The van der Waals surface area contributed by atoms with Crippen LogP contribution in [-0.4, -0.2) is 0 Å². The third-order valence-corrected chi connectivity index (χ3v) is 2.15. The van der Waals surface area contributed by atoms with Crippen molar-refractivity contribution in [2.75, 3.05) is 0 Å². The van der Waals surface area contributed by atoms with Gasteiger partial charge in [-0.1, -0.05) is 36.4 Å². The van der Waals surface area contributed by atoms with Crippen LogP contribution in [-0.2, 0) is 0 Å². The Morgan fingerprint density at radius 1 is 1.06 bits per heavy atom. The first-order valence-electron chi connectivity index (χ1n) is 5.09. The second-order valence-electron chi connectivity index (χ2n) is 3.55. The zero-order chi connectivity index (χ0) is 11.4. The quantitative estimate of drug-likeness (QED) is 0.765. The summed E-state index contributed by atoms with van der Waals surface area (Å²) in [5, 5.41) is 0. The van der Waals surface area contributed by atoms with Gasteiger partial charge in [0.25, 0.3) is 0 Å². The van der Waals surface area contributed by atoms with E-state index in [0.29, 0.717) is 11.5 Å². The summed E-state index contributed by atoms with van der Waals surface area (Å²) in [6.45, 7) is 1.77. The molecule has 1 aromatic heterocycles. The largest absolute Gasteiger partial charge is 0.462 e. The number of rotatable bonds is 2. The smallest absolute Gasteiger partial charge is 0.185 e. The molecule has 0 aliphatic heterocycles. The molecule has 0 saturated carbocycles. The fourth-order valence-corrected chi connectivity index (χ4v) is 1.45. The highest BCUT2D eigenvalue weighted by atomic mass is 16.3. The molecule has 2 rings (SSSR count). The Bertz CT molecular complexity index is 550. The third kappa shape index (κ3) is 2.70. The van der Waals surface area contributed by atoms with Crippen LogP contribution in [0.1, 0.15) is 17.1 Å². The molecule has 0 aliphatic carbocycles. The fraction of sp³-hybridized carbons (Fsp3) is 0.0714. The minimum Gasteiger partial charge on any atom is -0.462 e. The lowest BCUT2D eigenvalue weighted by atomic mass is 10.2. The molecule has 80 valence electrons. The van der Waals surface area contributed by atoms with Gasteiger partial charge >= 0.3 is 0 Å². The van der Waals surface area contributed by atoms with E-state index in [1.165, 1.54) is 12.1 Å². The van der Waals surface area contributed by atoms with Crippen molar-refractivity contribution in [2.24, 2.45) is 0 Å². The van der Waals surface area contributed by atoms with Gasteiger partial charge < -0.3 is 4.42 Å². The van der Waals surface area contributed by atoms with Crippen molar-refractivity contribution in [1.29, 1.82) is 0 Å². The maximum absolute atomic E-state index is 11.2. The van der Waals surface area contributed by atoms with Crippen LogP contribution in [0.5, 0.6) is 0 Å². The molecule has 0 fully saturated rings. The lowest BCUT2D eigenvalue weighted by Gasteiger charge is -1.95. The van der Waals surface area contributed by atoms with E-state index in [9.17, 15) is 4.79 Å². The highest BCUT2D eigenvalue weighted by Crippen LogP contribution is 2.07. The van der Waals surface area contributed by atoms with Gasteiger partial charge in [-0.3, -0.25) is 4.79 Å². The lowest BCUT2D eigenvalue weighted by molar-refractivity contribution is 0.505. The minimum absolute atomic E-state index is 0.0311. The Morgan fingerprint density at radius 3 is 2.50 bits per heavy atom. The molecule has 2 nitrogen and oxygen atoms in total. The zero-order valence-electron chi connectivity index (χ0n) is 9.01. The molecule has 0 amide bonds. The predicted molar refractivity (Wildman–Crippen MR) is 65.1 cm³/mol. The van der Waals surface area contributed by atoms with Gasteiger partial charge in [0.15, 0.2) is 5.43 Å². The van der Waals surface area contributed by atoms with Gasteiger partial charge in [-0.25, -0.2) is 0 Å². The van der Waals surface area contributed by atoms with E-state index in [1.54, 1.807) is 13.0 Å². The molecule has 0 N–H and O–H groups in total. The Labute approximate surface area is 93.9 Å². The second kappa shape index (κ2) is 4.62. The Kier molecular flexibility index (Phi) is 3.01. The van der Waals surface area contributed by atoms with E-state index < -0.39 is 0 Å². The van der Waals surface area contributed by atoms with Gasteiger partial charge in [-0.05, 0) is 18.6 Å². The molecule has 1 aromatic carbocycles. The fourth-order valence-electron chi connectivity index (χ4n) is 1.45. The average Bonchev–Trinajstić information content (AvgIpc) is 2.27.